The highest BCUT2D eigenvalue weighted by atomic mass is 16.3. The number of rotatable bonds is 6. The number of anilines is 1. The van der Waals surface area contributed by atoms with Crippen molar-refractivity contribution in [1.29, 1.82) is 0 Å². The van der Waals surface area contributed by atoms with Crippen LogP contribution in [0.5, 0.6) is 0 Å². The first-order valence-corrected chi connectivity index (χ1v) is 8.57. The normalized spacial score (nSPS) is 13.2. The third-order valence-electron chi connectivity index (χ3n) is 4.84. The van der Waals surface area contributed by atoms with Crippen LogP contribution in [-0.2, 0) is 5.54 Å². The molecule has 0 amide bonds. The molecule has 26 heavy (non-hydrogen) atoms. The Morgan fingerprint density at radius 2 is 1.73 bits per heavy atom. The summed E-state index contributed by atoms with van der Waals surface area (Å²) in [5.41, 5.74) is 2.93. The predicted molar refractivity (Wildman–Crippen MR) is 101 cm³/mol. The highest BCUT2D eigenvalue weighted by Crippen LogP contribution is 2.36. The van der Waals surface area contributed by atoms with Gasteiger partial charge >= 0.3 is 0 Å². The van der Waals surface area contributed by atoms with E-state index >= 15 is 0 Å². The van der Waals surface area contributed by atoms with E-state index in [0.29, 0.717) is 17.9 Å². The SMILES string of the molecule is CCC(C)(c1nnnn1-c1c(C)cccc1C)N(N=O)c1ccccc1. The summed E-state index contributed by atoms with van der Waals surface area (Å²) in [6, 6.07) is 15.4. The smallest absolute Gasteiger partial charge is 0.184 e. The minimum Gasteiger partial charge on any atom is -0.216 e. The topological polar surface area (TPSA) is 76.3 Å². The van der Waals surface area contributed by atoms with Crippen LogP contribution in [-0.4, -0.2) is 20.2 Å². The van der Waals surface area contributed by atoms with Gasteiger partial charge in [-0.2, -0.15) is 4.68 Å². The van der Waals surface area contributed by atoms with Gasteiger partial charge in [0.05, 0.1) is 16.7 Å². The molecule has 0 aliphatic rings. The number of nitrogens with zero attached hydrogens (tertiary/aromatic N) is 6. The Bertz CT molecular complexity index is 887. The van der Waals surface area contributed by atoms with Crippen LogP contribution in [0.25, 0.3) is 5.69 Å². The van der Waals surface area contributed by atoms with Crippen LogP contribution in [0.2, 0.25) is 0 Å². The van der Waals surface area contributed by atoms with Crippen molar-refractivity contribution in [3.8, 4) is 5.69 Å². The van der Waals surface area contributed by atoms with Crippen molar-refractivity contribution in [1.82, 2.24) is 20.2 Å². The molecule has 3 rings (SSSR count). The monoisotopic (exact) mass is 350 g/mol. The summed E-state index contributed by atoms with van der Waals surface area (Å²) in [5, 5.41) is 17.1. The molecule has 0 aliphatic heterocycles. The average molecular weight is 350 g/mol. The molecule has 0 spiro atoms. The number of hydrogen-bond donors (Lipinski definition) is 0. The van der Waals surface area contributed by atoms with E-state index < -0.39 is 5.54 Å². The molecule has 1 heterocycles. The summed E-state index contributed by atoms with van der Waals surface area (Å²) in [5.74, 6) is 0.570. The molecule has 0 bridgehead atoms. The van der Waals surface area contributed by atoms with Crippen molar-refractivity contribution in [3.63, 3.8) is 0 Å². The molecule has 134 valence electrons. The molecular weight excluding hydrogens is 328 g/mol. The van der Waals surface area contributed by atoms with Crippen molar-refractivity contribution in [2.24, 2.45) is 5.29 Å². The number of aromatic nitrogens is 4. The quantitative estimate of drug-likeness (QED) is 0.494. The van der Waals surface area contributed by atoms with Crippen molar-refractivity contribution in [2.75, 3.05) is 5.01 Å². The second kappa shape index (κ2) is 7.03. The number of aryl methyl sites for hydroxylation is 2. The van der Waals surface area contributed by atoms with Crippen molar-refractivity contribution in [2.45, 2.75) is 39.7 Å². The number of para-hydroxylation sites is 2. The molecule has 0 N–H and O–H groups in total. The molecule has 0 fully saturated rings. The Morgan fingerprint density at radius 1 is 1.08 bits per heavy atom. The van der Waals surface area contributed by atoms with E-state index in [1.54, 1.807) is 4.68 Å². The van der Waals surface area contributed by atoms with Gasteiger partial charge in [0.1, 0.15) is 5.54 Å². The summed E-state index contributed by atoms with van der Waals surface area (Å²) in [4.78, 5) is 11.8. The summed E-state index contributed by atoms with van der Waals surface area (Å²) < 4.78 is 1.72. The van der Waals surface area contributed by atoms with Crippen molar-refractivity contribution >= 4 is 5.69 Å². The maximum atomic E-state index is 11.8. The van der Waals surface area contributed by atoms with E-state index in [4.69, 9.17) is 0 Å². The Morgan fingerprint density at radius 3 is 2.31 bits per heavy atom. The minimum absolute atomic E-state index is 0.570. The lowest BCUT2D eigenvalue weighted by Crippen LogP contribution is -2.42. The largest absolute Gasteiger partial charge is 0.216 e. The van der Waals surface area contributed by atoms with Gasteiger partial charge < -0.3 is 0 Å². The van der Waals surface area contributed by atoms with Gasteiger partial charge in [-0.25, -0.2) is 5.01 Å². The van der Waals surface area contributed by atoms with Gasteiger partial charge in [0, 0.05) is 0 Å². The first-order valence-electron chi connectivity index (χ1n) is 8.57. The lowest BCUT2D eigenvalue weighted by atomic mass is 9.95. The molecule has 0 radical (unpaired) electrons. The molecule has 7 heteroatoms. The number of tetrazole rings is 1. The number of benzene rings is 2. The Kier molecular flexibility index (Phi) is 4.79. The third kappa shape index (κ3) is 2.85. The first kappa shape index (κ1) is 17.7. The predicted octanol–water partition coefficient (Wildman–Crippen LogP) is 4.09. The maximum absolute atomic E-state index is 11.8. The highest BCUT2D eigenvalue weighted by molar-refractivity contribution is 5.51. The molecular formula is C19H22N6O. The van der Waals surface area contributed by atoms with E-state index in [0.717, 1.165) is 16.8 Å². The van der Waals surface area contributed by atoms with Gasteiger partial charge in [-0.05, 0) is 60.9 Å². The number of nitroso groups, excluding NO2 is 1. The lowest BCUT2D eigenvalue weighted by Gasteiger charge is -2.35. The van der Waals surface area contributed by atoms with Gasteiger partial charge in [-0.3, -0.25) is 0 Å². The van der Waals surface area contributed by atoms with E-state index in [9.17, 15) is 4.91 Å². The zero-order chi connectivity index (χ0) is 18.7. The zero-order valence-electron chi connectivity index (χ0n) is 15.4. The van der Waals surface area contributed by atoms with Gasteiger partial charge in [0.15, 0.2) is 5.82 Å². The van der Waals surface area contributed by atoms with Crippen LogP contribution in [0.15, 0.2) is 53.8 Å². The average Bonchev–Trinajstić information content (AvgIpc) is 3.13. The summed E-state index contributed by atoms with van der Waals surface area (Å²) in [6.45, 7) is 7.95. The van der Waals surface area contributed by atoms with Gasteiger partial charge in [-0.1, -0.05) is 43.3 Å². The first-order chi connectivity index (χ1) is 12.5. The molecule has 0 saturated heterocycles. The zero-order valence-corrected chi connectivity index (χ0v) is 15.4. The van der Waals surface area contributed by atoms with E-state index in [2.05, 4.69) is 20.8 Å². The van der Waals surface area contributed by atoms with Crippen molar-refractivity contribution in [3.05, 3.63) is 70.4 Å². The van der Waals surface area contributed by atoms with E-state index in [1.807, 2.05) is 76.2 Å². The standard InChI is InChI=1S/C19H22N6O/c1-5-19(4,25(23-26)16-12-7-6-8-13-16)18-20-21-22-24(18)17-14(2)10-9-11-15(17)3/h6-13H,5H2,1-4H3. The fraction of sp³-hybridized carbons (Fsp3) is 0.316. The molecule has 1 aromatic heterocycles. The van der Waals surface area contributed by atoms with Crippen molar-refractivity contribution < 1.29 is 0 Å². The summed E-state index contributed by atoms with van der Waals surface area (Å²) in [7, 11) is 0. The van der Waals surface area contributed by atoms with E-state index in [1.165, 1.54) is 5.01 Å². The van der Waals surface area contributed by atoms with Crippen LogP contribution in [0.1, 0.15) is 37.2 Å². The number of hydrogen-bond acceptors (Lipinski definition) is 5. The van der Waals surface area contributed by atoms with Gasteiger partial charge in [0.25, 0.3) is 0 Å². The molecule has 0 aliphatic carbocycles. The Hall–Kier alpha value is -3.09. The highest BCUT2D eigenvalue weighted by Gasteiger charge is 2.40. The fourth-order valence-corrected chi connectivity index (χ4v) is 3.21. The third-order valence-corrected chi connectivity index (χ3v) is 4.84. The Balaban J connectivity index is 2.18. The molecule has 1 atom stereocenters. The molecule has 0 saturated carbocycles. The molecule has 7 nitrogen and oxygen atoms in total. The summed E-state index contributed by atoms with van der Waals surface area (Å²) in [6.07, 6.45) is 0.596. The lowest BCUT2D eigenvalue weighted by molar-refractivity contribution is 0.392. The fourth-order valence-electron chi connectivity index (χ4n) is 3.21. The van der Waals surface area contributed by atoms with Gasteiger partial charge in [-0.15, -0.1) is 10.0 Å². The molecule has 3 aromatic rings. The maximum Gasteiger partial charge on any atom is 0.184 e. The van der Waals surface area contributed by atoms with E-state index in [-0.39, 0.29) is 0 Å². The van der Waals surface area contributed by atoms with Crippen LogP contribution in [0, 0.1) is 18.8 Å². The molecule has 2 aromatic carbocycles. The summed E-state index contributed by atoms with van der Waals surface area (Å²) >= 11 is 0. The Labute approximate surface area is 152 Å². The minimum atomic E-state index is -0.804. The second-order valence-corrected chi connectivity index (χ2v) is 6.51. The molecule has 1 unspecified atom stereocenters. The van der Waals surface area contributed by atoms with Crippen LogP contribution >= 0.6 is 0 Å². The van der Waals surface area contributed by atoms with Crippen LogP contribution in [0.4, 0.5) is 5.69 Å². The second-order valence-electron chi connectivity index (χ2n) is 6.51. The van der Waals surface area contributed by atoms with Crippen LogP contribution < -0.4 is 5.01 Å². The van der Waals surface area contributed by atoms with Crippen LogP contribution in [0.3, 0.4) is 0 Å². The van der Waals surface area contributed by atoms with Gasteiger partial charge in [0.2, 0.25) is 0 Å².